The van der Waals surface area contributed by atoms with E-state index in [1.807, 2.05) is 71.4 Å². The lowest BCUT2D eigenvalue weighted by Gasteiger charge is -2.18. The van der Waals surface area contributed by atoms with Crippen LogP contribution in [0, 0.1) is 18.7 Å². The Labute approximate surface area is 277 Å². The van der Waals surface area contributed by atoms with Crippen LogP contribution in [0.3, 0.4) is 0 Å². The molecule has 0 aliphatic rings. The molecule has 3 aromatic rings. The summed E-state index contributed by atoms with van der Waals surface area (Å²) in [6.45, 7) is 27.1. The molecule has 0 fully saturated rings. The second-order valence-corrected chi connectivity index (χ2v) is 10.3. The molecule has 0 spiro atoms. The monoisotopic (exact) mass is 621 g/mol. The van der Waals surface area contributed by atoms with E-state index in [1.165, 1.54) is 0 Å². The van der Waals surface area contributed by atoms with E-state index >= 15 is 0 Å². The van der Waals surface area contributed by atoms with Gasteiger partial charge in [-0.3, -0.25) is 4.98 Å². The zero-order valence-electron chi connectivity index (χ0n) is 28.7. The first-order chi connectivity index (χ1) is 22.0. The van der Waals surface area contributed by atoms with Crippen LogP contribution >= 0.6 is 0 Å². The summed E-state index contributed by atoms with van der Waals surface area (Å²) in [5.41, 5.74) is 18.6. The molecule has 0 amide bonds. The summed E-state index contributed by atoms with van der Waals surface area (Å²) in [5.74, 6) is -0.272. The second-order valence-electron chi connectivity index (χ2n) is 10.3. The molecule has 0 bridgehead atoms. The first-order valence-electron chi connectivity index (χ1n) is 15.2. The summed E-state index contributed by atoms with van der Waals surface area (Å²) in [5, 5.41) is 9.91. The van der Waals surface area contributed by atoms with Gasteiger partial charge in [0.1, 0.15) is 5.82 Å². The van der Waals surface area contributed by atoms with Gasteiger partial charge in [-0.15, -0.1) is 18.6 Å². The molecule has 46 heavy (non-hydrogen) atoms. The Hall–Kier alpha value is -5.08. The highest BCUT2D eigenvalue weighted by atomic mass is 19.1. The number of anilines is 2. The lowest BCUT2D eigenvalue weighted by Crippen LogP contribution is -2.14. The molecule has 5 N–H and O–H groups in total. The average Bonchev–Trinajstić information content (AvgIpc) is 3.02. The highest BCUT2D eigenvalue weighted by Crippen LogP contribution is 2.29. The van der Waals surface area contributed by atoms with Crippen molar-refractivity contribution in [3.63, 3.8) is 0 Å². The number of hydrogen-bond donors (Lipinski definition) is 4. The molecule has 0 aliphatic heterocycles. The van der Waals surface area contributed by atoms with Crippen LogP contribution in [0.25, 0.3) is 16.7 Å². The molecule has 3 rings (SSSR count). The Morgan fingerprint density at radius 2 is 1.70 bits per heavy atom. The number of nitrogens with two attached hydrogens (primary N) is 1. The molecule has 6 heteroatoms. The minimum absolute atomic E-state index is 0.272. The fraction of sp³-hybridized carbons (Fsp3) is 0.250. The van der Waals surface area contributed by atoms with Crippen LogP contribution < -0.4 is 21.7 Å². The molecular formula is C40H52FN5. The standard InChI is InChI=1S/C33H40FN5.C3H4.C2H6.C2H2/c1-8-9-32(27-13-25(18-36-7)14-30(34)16-27)23(5)24(6)39-22(4)12-28-15-26(10-11-33(28)35)29-17-31(20-37-19-29)38-21(2)3;1-3-2;2*1-2/h8-11,13-17,19-21,36,38-39H,1,4,12,18,35H2,2-3,5-7H3;1-2H2;1-2H3;1-2H/b24-23+,32-9+;;;. The molecule has 0 saturated heterocycles. The van der Waals surface area contributed by atoms with Gasteiger partial charge in [-0.25, -0.2) is 4.39 Å². The molecule has 0 saturated carbocycles. The maximum Gasteiger partial charge on any atom is 0.124 e. The normalized spacial score (nSPS) is 10.7. The third kappa shape index (κ3) is 13.7. The highest BCUT2D eigenvalue weighted by Gasteiger charge is 2.12. The summed E-state index contributed by atoms with van der Waals surface area (Å²) in [6, 6.07) is 13.5. The number of aromatic nitrogens is 1. The lowest BCUT2D eigenvalue weighted by atomic mass is 9.95. The average molecular weight is 622 g/mol. The number of benzene rings is 2. The number of rotatable bonds is 12. The summed E-state index contributed by atoms with van der Waals surface area (Å²) >= 11 is 0. The van der Waals surface area contributed by atoms with Crippen LogP contribution in [0.4, 0.5) is 15.8 Å². The first kappa shape index (κ1) is 40.9. The number of nitrogens with zero attached hydrogens (tertiary/aromatic N) is 1. The molecule has 1 aromatic heterocycles. The van der Waals surface area contributed by atoms with Crippen LogP contribution in [0.15, 0.2) is 116 Å². The zero-order chi connectivity index (χ0) is 35.2. The molecule has 1 heterocycles. The largest absolute Gasteiger partial charge is 0.398 e. The zero-order valence-corrected chi connectivity index (χ0v) is 28.7. The summed E-state index contributed by atoms with van der Waals surface area (Å²) < 4.78 is 14.4. The van der Waals surface area contributed by atoms with Gasteiger partial charge >= 0.3 is 0 Å². The summed E-state index contributed by atoms with van der Waals surface area (Å²) in [7, 11) is 1.84. The van der Waals surface area contributed by atoms with E-state index in [-0.39, 0.29) is 5.82 Å². The Kier molecular flexibility index (Phi) is 20.0. The van der Waals surface area contributed by atoms with E-state index in [1.54, 1.807) is 18.2 Å². The van der Waals surface area contributed by atoms with E-state index in [0.717, 1.165) is 56.0 Å². The van der Waals surface area contributed by atoms with Crippen LogP contribution in [-0.2, 0) is 13.0 Å². The minimum atomic E-state index is -0.272. The van der Waals surface area contributed by atoms with E-state index in [0.29, 0.717) is 24.7 Å². The lowest BCUT2D eigenvalue weighted by molar-refractivity contribution is 0.623. The molecule has 0 unspecified atom stereocenters. The maximum absolute atomic E-state index is 14.4. The Morgan fingerprint density at radius 3 is 2.28 bits per heavy atom. The minimum Gasteiger partial charge on any atom is -0.398 e. The first-order valence-corrected chi connectivity index (χ1v) is 15.2. The van der Waals surface area contributed by atoms with Gasteiger partial charge in [0.2, 0.25) is 0 Å². The third-order valence-electron chi connectivity index (χ3n) is 6.34. The number of hydrogen-bond acceptors (Lipinski definition) is 5. The number of nitrogen functional groups attached to an aromatic ring is 1. The Bertz CT molecular complexity index is 1540. The van der Waals surface area contributed by atoms with Gasteiger partial charge in [-0.2, -0.15) is 0 Å². The van der Waals surface area contributed by atoms with Gasteiger partial charge in [0.05, 0.1) is 5.69 Å². The Morgan fingerprint density at radius 1 is 1.04 bits per heavy atom. The van der Waals surface area contributed by atoms with Crippen molar-refractivity contribution in [3.05, 3.63) is 139 Å². The molecule has 2 aromatic carbocycles. The van der Waals surface area contributed by atoms with Gasteiger partial charge in [0, 0.05) is 54.0 Å². The van der Waals surface area contributed by atoms with Crippen LogP contribution in [0.5, 0.6) is 0 Å². The second kappa shape index (κ2) is 22.4. The maximum atomic E-state index is 14.4. The van der Waals surface area contributed by atoms with E-state index in [9.17, 15) is 4.39 Å². The van der Waals surface area contributed by atoms with Crippen molar-refractivity contribution in [2.75, 3.05) is 18.1 Å². The number of pyridine rings is 1. The SMILES string of the molecule is C#C.C=C/C=C(\C(C)=C(/C)NC(=C)Cc1cc(-c2cncc(NC(C)C)c2)ccc1N)c1cc(F)cc(CNC)c1.C=C=C.CC. The van der Waals surface area contributed by atoms with Gasteiger partial charge < -0.3 is 21.7 Å². The molecule has 244 valence electrons. The smallest absolute Gasteiger partial charge is 0.124 e. The third-order valence-corrected chi connectivity index (χ3v) is 6.34. The highest BCUT2D eigenvalue weighted by molar-refractivity contribution is 5.80. The topological polar surface area (TPSA) is 75.0 Å². The number of allylic oxidation sites excluding steroid dienone is 6. The number of halogens is 1. The van der Waals surface area contributed by atoms with Crippen LogP contribution in [0.2, 0.25) is 0 Å². The Balaban J connectivity index is 0.00000268. The van der Waals surface area contributed by atoms with Crippen LogP contribution in [-0.4, -0.2) is 18.1 Å². The predicted octanol–water partition coefficient (Wildman–Crippen LogP) is 9.45. The van der Waals surface area contributed by atoms with Gasteiger partial charge in [-0.1, -0.05) is 58.4 Å². The van der Waals surface area contributed by atoms with Gasteiger partial charge in [0.15, 0.2) is 0 Å². The number of terminal acetylenes is 1. The van der Waals surface area contributed by atoms with Crippen molar-refractivity contribution in [2.45, 2.75) is 60.5 Å². The fourth-order valence-electron chi connectivity index (χ4n) is 4.45. The van der Waals surface area contributed by atoms with Crippen LogP contribution in [0.1, 0.15) is 58.2 Å². The van der Waals surface area contributed by atoms with E-state index < -0.39 is 0 Å². The molecular weight excluding hydrogens is 569 g/mol. The number of nitrogens with one attached hydrogen (secondary N) is 3. The van der Waals surface area contributed by atoms with Crippen molar-refractivity contribution in [2.24, 2.45) is 0 Å². The van der Waals surface area contributed by atoms with Crippen molar-refractivity contribution in [1.82, 2.24) is 15.6 Å². The van der Waals surface area contributed by atoms with Crippen molar-refractivity contribution < 1.29 is 4.39 Å². The quantitative estimate of drug-likeness (QED) is 0.0702. The fourth-order valence-corrected chi connectivity index (χ4v) is 4.45. The van der Waals surface area contributed by atoms with Crippen molar-refractivity contribution >= 4 is 16.9 Å². The summed E-state index contributed by atoms with van der Waals surface area (Å²) in [4.78, 5) is 4.39. The van der Waals surface area contributed by atoms with E-state index in [2.05, 4.69) is 91.8 Å². The summed E-state index contributed by atoms with van der Waals surface area (Å²) in [6.07, 6.45) is 15.8. The predicted molar refractivity (Wildman–Crippen MR) is 201 cm³/mol. The van der Waals surface area contributed by atoms with Crippen molar-refractivity contribution in [1.29, 1.82) is 0 Å². The van der Waals surface area contributed by atoms with Gasteiger partial charge in [-0.05, 0) is 105 Å². The molecule has 0 radical (unpaired) electrons. The van der Waals surface area contributed by atoms with Crippen molar-refractivity contribution in [3.8, 4) is 24.0 Å². The molecule has 0 atom stereocenters. The molecule has 0 aliphatic carbocycles. The molecule has 5 nitrogen and oxygen atoms in total. The van der Waals surface area contributed by atoms with E-state index in [4.69, 9.17) is 5.73 Å². The van der Waals surface area contributed by atoms with Gasteiger partial charge in [0.25, 0.3) is 0 Å².